The summed E-state index contributed by atoms with van der Waals surface area (Å²) in [6.45, 7) is 1.11. The summed E-state index contributed by atoms with van der Waals surface area (Å²) in [5, 5.41) is 7.75. The van der Waals surface area contributed by atoms with Gasteiger partial charge in [-0.25, -0.2) is 4.98 Å². The van der Waals surface area contributed by atoms with Crippen molar-refractivity contribution < 1.29 is 0 Å². The zero-order chi connectivity index (χ0) is 18.8. The summed E-state index contributed by atoms with van der Waals surface area (Å²) in [6, 6.07) is 13.8. The van der Waals surface area contributed by atoms with Crippen molar-refractivity contribution >= 4 is 11.0 Å². The first kappa shape index (κ1) is 17.8. The molecule has 2 aromatic heterocycles. The molecule has 3 N–H and O–H groups in total. The van der Waals surface area contributed by atoms with Crippen LogP contribution in [-0.4, -0.2) is 33.6 Å². The van der Waals surface area contributed by atoms with Crippen molar-refractivity contribution in [3.8, 4) is 0 Å². The van der Waals surface area contributed by atoms with E-state index in [1.807, 2.05) is 6.20 Å². The van der Waals surface area contributed by atoms with Crippen LogP contribution in [-0.2, 0) is 12.8 Å². The molecule has 0 spiro atoms. The van der Waals surface area contributed by atoms with E-state index in [1.54, 1.807) is 0 Å². The highest BCUT2D eigenvalue weighted by atomic mass is 15.1. The van der Waals surface area contributed by atoms with Gasteiger partial charge in [-0.1, -0.05) is 24.6 Å². The lowest BCUT2D eigenvalue weighted by molar-refractivity contribution is 0.274. The number of para-hydroxylation sites is 2. The maximum absolute atomic E-state index is 4.85. The molecule has 0 amide bonds. The van der Waals surface area contributed by atoms with Gasteiger partial charge in [0.25, 0.3) is 0 Å². The van der Waals surface area contributed by atoms with E-state index in [0.717, 1.165) is 42.7 Å². The lowest BCUT2D eigenvalue weighted by Gasteiger charge is -2.36. The highest BCUT2D eigenvalue weighted by Gasteiger charge is 2.29. The predicted molar refractivity (Wildman–Crippen MR) is 112 cm³/mol. The molecule has 5 nitrogen and oxygen atoms in total. The molecule has 3 unspecified atom stereocenters. The summed E-state index contributed by atoms with van der Waals surface area (Å²) in [5.41, 5.74) is 4.83. The number of aromatic amines is 1. The van der Waals surface area contributed by atoms with Crippen molar-refractivity contribution in [2.45, 2.75) is 63.1 Å². The Hall–Kier alpha value is -2.24. The smallest absolute Gasteiger partial charge is 0.108 e. The second-order valence-corrected chi connectivity index (χ2v) is 8.23. The Balaban J connectivity index is 1.40. The average molecular weight is 376 g/mol. The average Bonchev–Trinajstić information content (AvgIpc) is 3.17. The van der Waals surface area contributed by atoms with Gasteiger partial charge in [-0.15, -0.1) is 0 Å². The van der Waals surface area contributed by atoms with E-state index in [-0.39, 0.29) is 0 Å². The summed E-state index contributed by atoms with van der Waals surface area (Å²) in [6.07, 6.45) is 10.2. The second-order valence-electron chi connectivity index (χ2n) is 8.23. The Kier molecular flexibility index (Phi) is 5.10. The largest absolute Gasteiger partial charge is 0.342 e. The minimum atomic E-state index is 0.336. The fraction of sp³-hybridized carbons (Fsp3) is 0.478. The molecular weight excluding hydrogens is 346 g/mol. The van der Waals surface area contributed by atoms with Gasteiger partial charge in [0.2, 0.25) is 0 Å². The second kappa shape index (κ2) is 8.02. The third-order valence-electron chi connectivity index (χ3n) is 6.30. The van der Waals surface area contributed by atoms with Crippen LogP contribution >= 0.6 is 0 Å². The molecule has 1 aliphatic heterocycles. The molecule has 1 saturated heterocycles. The Morgan fingerprint density at radius 2 is 2.04 bits per heavy atom. The Bertz CT molecular complexity index is 894. The summed E-state index contributed by atoms with van der Waals surface area (Å²) in [4.78, 5) is 13.1. The summed E-state index contributed by atoms with van der Waals surface area (Å²) < 4.78 is 0. The number of aromatic nitrogens is 3. The molecule has 28 heavy (non-hydrogen) atoms. The van der Waals surface area contributed by atoms with Crippen LogP contribution in [0, 0.1) is 0 Å². The lowest BCUT2D eigenvalue weighted by Crippen LogP contribution is -2.52. The van der Waals surface area contributed by atoms with Crippen LogP contribution in [0.2, 0.25) is 0 Å². The highest BCUT2D eigenvalue weighted by Crippen LogP contribution is 2.29. The number of benzene rings is 1. The molecule has 2 aliphatic rings. The number of pyridine rings is 1. The topological polar surface area (TPSA) is 65.6 Å². The van der Waals surface area contributed by atoms with Crippen LogP contribution in [0.15, 0.2) is 42.6 Å². The molecule has 5 heteroatoms. The first-order valence-electron chi connectivity index (χ1n) is 10.7. The summed E-state index contributed by atoms with van der Waals surface area (Å²) in [5.74, 6) is 1.07. The van der Waals surface area contributed by atoms with Crippen molar-refractivity contribution in [2.24, 2.45) is 0 Å². The molecule has 0 radical (unpaired) electrons. The minimum Gasteiger partial charge on any atom is -0.342 e. The van der Waals surface area contributed by atoms with Gasteiger partial charge in [0.05, 0.1) is 22.8 Å². The van der Waals surface area contributed by atoms with Crippen LogP contribution in [0.5, 0.6) is 0 Å². The highest BCUT2D eigenvalue weighted by molar-refractivity contribution is 5.74. The van der Waals surface area contributed by atoms with Crippen LogP contribution in [0.25, 0.3) is 11.0 Å². The molecule has 3 heterocycles. The maximum atomic E-state index is 4.85. The van der Waals surface area contributed by atoms with E-state index in [1.165, 1.54) is 36.9 Å². The van der Waals surface area contributed by atoms with Crippen molar-refractivity contribution in [3.05, 3.63) is 59.7 Å². The van der Waals surface area contributed by atoms with Crippen molar-refractivity contribution in [1.29, 1.82) is 0 Å². The third-order valence-corrected chi connectivity index (χ3v) is 6.30. The van der Waals surface area contributed by atoms with Crippen LogP contribution in [0.1, 0.15) is 55.2 Å². The van der Waals surface area contributed by atoms with E-state index in [4.69, 9.17) is 9.97 Å². The fourth-order valence-electron chi connectivity index (χ4n) is 4.88. The standard InChI is InChI=1S/C23H29N5/c1-2-11-19-18(10-1)27-22(28-19)15-21(17-9-3-4-13-24-17)26-20-12-5-7-16-8-6-14-25-23(16)20/h1-2,6,8,10-11,14,17,20-21,24,26H,3-5,7,9,12-13,15H2,(H,27,28). The maximum Gasteiger partial charge on any atom is 0.108 e. The molecule has 0 bridgehead atoms. The molecule has 5 rings (SSSR count). The fourth-order valence-corrected chi connectivity index (χ4v) is 4.88. The van der Waals surface area contributed by atoms with E-state index >= 15 is 0 Å². The molecule has 146 valence electrons. The molecular formula is C23H29N5. The number of piperidine rings is 1. The number of nitrogens with zero attached hydrogens (tertiary/aromatic N) is 2. The number of rotatable bonds is 5. The number of fused-ring (bicyclic) bond motifs is 2. The van der Waals surface area contributed by atoms with E-state index in [2.05, 4.69) is 52.0 Å². The summed E-state index contributed by atoms with van der Waals surface area (Å²) >= 11 is 0. The predicted octanol–water partition coefficient (Wildman–Crippen LogP) is 3.68. The number of H-pyrrole nitrogens is 1. The minimum absolute atomic E-state index is 0.336. The van der Waals surface area contributed by atoms with Crippen molar-refractivity contribution in [2.75, 3.05) is 6.54 Å². The Labute approximate surface area is 166 Å². The zero-order valence-corrected chi connectivity index (χ0v) is 16.3. The monoisotopic (exact) mass is 375 g/mol. The van der Waals surface area contributed by atoms with Gasteiger partial charge in [0.15, 0.2) is 0 Å². The van der Waals surface area contributed by atoms with Gasteiger partial charge in [-0.05, 0) is 62.4 Å². The number of imidazole rings is 1. The number of aryl methyl sites for hydroxylation is 1. The van der Waals surface area contributed by atoms with E-state index < -0.39 is 0 Å². The molecule has 1 aromatic carbocycles. The molecule has 0 saturated carbocycles. The molecule has 3 atom stereocenters. The SMILES string of the molecule is c1cnc2c(c1)CCCC2NC(Cc1nc2ccccc2[nH]1)C1CCCCN1. The molecule has 3 aromatic rings. The summed E-state index contributed by atoms with van der Waals surface area (Å²) in [7, 11) is 0. The van der Waals surface area contributed by atoms with Crippen molar-refractivity contribution in [3.63, 3.8) is 0 Å². The van der Waals surface area contributed by atoms with Gasteiger partial charge in [0.1, 0.15) is 5.82 Å². The van der Waals surface area contributed by atoms with Gasteiger partial charge in [-0.3, -0.25) is 4.98 Å². The van der Waals surface area contributed by atoms with Gasteiger partial charge < -0.3 is 15.6 Å². The van der Waals surface area contributed by atoms with E-state index in [9.17, 15) is 0 Å². The normalized spacial score (nSPS) is 23.4. The van der Waals surface area contributed by atoms with Crippen LogP contribution in [0.3, 0.4) is 0 Å². The van der Waals surface area contributed by atoms with Gasteiger partial charge >= 0.3 is 0 Å². The van der Waals surface area contributed by atoms with Crippen LogP contribution in [0.4, 0.5) is 0 Å². The van der Waals surface area contributed by atoms with Crippen LogP contribution < -0.4 is 10.6 Å². The van der Waals surface area contributed by atoms with Gasteiger partial charge in [0, 0.05) is 24.7 Å². The van der Waals surface area contributed by atoms with E-state index in [0.29, 0.717) is 18.1 Å². The molecule has 1 fully saturated rings. The zero-order valence-electron chi connectivity index (χ0n) is 16.3. The quantitative estimate of drug-likeness (QED) is 0.636. The Morgan fingerprint density at radius 1 is 1.07 bits per heavy atom. The number of hydrogen-bond donors (Lipinski definition) is 3. The first-order valence-corrected chi connectivity index (χ1v) is 10.7. The number of hydrogen-bond acceptors (Lipinski definition) is 4. The number of nitrogens with one attached hydrogen (secondary N) is 3. The van der Waals surface area contributed by atoms with Crippen molar-refractivity contribution in [1.82, 2.24) is 25.6 Å². The Morgan fingerprint density at radius 3 is 2.93 bits per heavy atom. The first-order chi connectivity index (χ1) is 13.9. The molecule has 1 aliphatic carbocycles. The lowest BCUT2D eigenvalue weighted by atomic mass is 9.89. The van der Waals surface area contributed by atoms with Gasteiger partial charge in [-0.2, -0.15) is 0 Å². The third kappa shape index (κ3) is 3.69.